The molecule has 0 saturated carbocycles. The molecule has 0 bridgehead atoms. The number of pyridine rings is 1. The zero-order valence-corrected chi connectivity index (χ0v) is 13.0. The Kier molecular flexibility index (Phi) is 4.43. The number of hydrogen-bond donors (Lipinski definition) is 2. The maximum Gasteiger partial charge on any atom is 0.221 e. The van der Waals surface area contributed by atoms with Crippen molar-refractivity contribution in [3.05, 3.63) is 72.4 Å². The Bertz CT molecular complexity index is 843. The second-order valence-electron chi connectivity index (χ2n) is 5.40. The average Bonchev–Trinajstić information content (AvgIpc) is 2.57. The van der Waals surface area contributed by atoms with Crippen LogP contribution in [0.2, 0.25) is 0 Å². The van der Waals surface area contributed by atoms with Crippen LogP contribution in [-0.4, -0.2) is 10.9 Å². The number of benzene rings is 2. The molecule has 5 heteroatoms. The lowest BCUT2D eigenvalue weighted by Crippen LogP contribution is -2.13. The predicted molar refractivity (Wildman–Crippen MR) is 93.5 cm³/mol. The summed E-state index contributed by atoms with van der Waals surface area (Å²) in [5.41, 5.74) is 14.4. The van der Waals surface area contributed by atoms with E-state index in [9.17, 15) is 4.79 Å². The first kappa shape index (κ1) is 15.6. The van der Waals surface area contributed by atoms with Crippen molar-refractivity contribution in [2.75, 3.05) is 5.73 Å². The number of nitrogens with zero attached hydrogens (tertiary/aromatic N) is 1. The first-order chi connectivity index (χ1) is 11.6. The molecule has 1 amide bonds. The fourth-order valence-corrected chi connectivity index (χ4v) is 2.35. The maximum atomic E-state index is 11.0. The maximum absolute atomic E-state index is 11.0. The summed E-state index contributed by atoms with van der Waals surface area (Å²) in [6.07, 6.45) is 1.78. The second kappa shape index (κ2) is 6.83. The largest absolute Gasteiger partial charge is 0.439 e. The number of carbonyl (C=O) groups is 1. The minimum atomic E-state index is -0.341. The molecular weight excluding hydrogens is 302 g/mol. The molecule has 3 rings (SSSR count). The summed E-state index contributed by atoms with van der Waals surface area (Å²) >= 11 is 0. The Morgan fingerprint density at radius 3 is 2.46 bits per heavy atom. The molecule has 3 aromatic rings. The molecular formula is C19H17N3O2. The van der Waals surface area contributed by atoms with Crippen LogP contribution in [0.15, 0.2) is 66.9 Å². The van der Waals surface area contributed by atoms with Crippen LogP contribution in [0.4, 0.5) is 5.69 Å². The smallest absolute Gasteiger partial charge is 0.221 e. The Balaban J connectivity index is 1.76. The van der Waals surface area contributed by atoms with E-state index in [1.807, 2.05) is 48.5 Å². The van der Waals surface area contributed by atoms with E-state index in [2.05, 4.69) is 4.98 Å². The topological polar surface area (TPSA) is 91.2 Å². The molecule has 2 aromatic carbocycles. The Hall–Kier alpha value is -3.34. The molecule has 0 aliphatic carbocycles. The monoisotopic (exact) mass is 319 g/mol. The van der Waals surface area contributed by atoms with E-state index in [1.165, 1.54) is 0 Å². The van der Waals surface area contributed by atoms with Gasteiger partial charge in [-0.25, -0.2) is 4.98 Å². The van der Waals surface area contributed by atoms with Gasteiger partial charge in [0.2, 0.25) is 11.8 Å². The zero-order valence-electron chi connectivity index (χ0n) is 13.0. The Labute approximate surface area is 139 Å². The molecule has 0 aliphatic heterocycles. The molecule has 0 radical (unpaired) electrons. The lowest BCUT2D eigenvalue weighted by atomic mass is 10.0. The van der Waals surface area contributed by atoms with E-state index >= 15 is 0 Å². The second-order valence-corrected chi connectivity index (χ2v) is 5.40. The highest BCUT2D eigenvalue weighted by Crippen LogP contribution is 2.26. The number of aromatic nitrogens is 1. The van der Waals surface area contributed by atoms with Crippen LogP contribution in [0.5, 0.6) is 11.6 Å². The SMILES string of the molecule is NC(=O)Cc1cccc(-c2ccc(Oc3ccc(N)cn3)cc2)c1. The van der Waals surface area contributed by atoms with Crippen molar-refractivity contribution in [1.29, 1.82) is 0 Å². The molecule has 0 aliphatic rings. The lowest BCUT2D eigenvalue weighted by Gasteiger charge is -2.07. The van der Waals surface area contributed by atoms with Crippen LogP contribution >= 0.6 is 0 Å². The Morgan fingerprint density at radius 2 is 1.79 bits per heavy atom. The van der Waals surface area contributed by atoms with Crippen LogP contribution in [0.1, 0.15) is 5.56 Å². The van der Waals surface area contributed by atoms with Crippen molar-refractivity contribution in [2.24, 2.45) is 5.73 Å². The number of primary amides is 1. The molecule has 0 atom stereocenters. The number of anilines is 1. The van der Waals surface area contributed by atoms with Gasteiger partial charge < -0.3 is 16.2 Å². The first-order valence-electron chi connectivity index (χ1n) is 7.47. The van der Waals surface area contributed by atoms with Gasteiger partial charge in [-0.1, -0.05) is 36.4 Å². The summed E-state index contributed by atoms with van der Waals surface area (Å²) in [7, 11) is 0. The van der Waals surface area contributed by atoms with Crippen LogP contribution < -0.4 is 16.2 Å². The third kappa shape index (κ3) is 3.89. The zero-order chi connectivity index (χ0) is 16.9. The van der Waals surface area contributed by atoms with Crippen molar-refractivity contribution in [3.8, 4) is 22.8 Å². The van der Waals surface area contributed by atoms with Crippen molar-refractivity contribution in [3.63, 3.8) is 0 Å². The third-order valence-corrected chi connectivity index (χ3v) is 3.47. The van der Waals surface area contributed by atoms with Gasteiger partial charge >= 0.3 is 0 Å². The summed E-state index contributed by atoms with van der Waals surface area (Å²) in [6.45, 7) is 0. The molecule has 1 aromatic heterocycles. The molecule has 0 saturated heterocycles. The van der Waals surface area contributed by atoms with E-state index in [0.29, 0.717) is 17.3 Å². The van der Waals surface area contributed by atoms with Gasteiger partial charge in [0.15, 0.2) is 0 Å². The van der Waals surface area contributed by atoms with Gasteiger partial charge in [0.05, 0.1) is 18.3 Å². The lowest BCUT2D eigenvalue weighted by molar-refractivity contribution is -0.117. The molecule has 4 N–H and O–H groups in total. The van der Waals surface area contributed by atoms with Gasteiger partial charge in [-0.15, -0.1) is 0 Å². The predicted octanol–water partition coefficient (Wildman–Crippen LogP) is 3.15. The number of rotatable bonds is 5. The first-order valence-corrected chi connectivity index (χ1v) is 7.47. The van der Waals surface area contributed by atoms with Gasteiger partial charge in [0.25, 0.3) is 0 Å². The number of ether oxygens (including phenoxy) is 1. The fourth-order valence-electron chi connectivity index (χ4n) is 2.35. The van der Waals surface area contributed by atoms with E-state index in [4.69, 9.17) is 16.2 Å². The summed E-state index contributed by atoms with van der Waals surface area (Å²) < 4.78 is 5.67. The minimum Gasteiger partial charge on any atom is -0.439 e. The quantitative estimate of drug-likeness (QED) is 0.755. The molecule has 24 heavy (non-hydrogen) atoms. The number of nitrogen functional groups attached to an aromatic ring is 1. The van der Waals surface area contributed by atoms with E-state index in [1.54, 1.807) is 18.3 Å². The normalized spacial score (nSPS) is 10.3. The van der Waals surface area contributed by atoms with Crippen LogP contribution in [-0.2, 0) is 11.2 Å². The molecule has 1 heterocycles. The highest BCUT2D eigenvalue weighted by molar-refractivity contribution is 5.77. The molecule has 0 spiro atoms. The van der Waals surface area contributed by atoms with Crippen LogP contribution in [0.3, 0.4) is 0 Å². The fraction of sp³-hybridized carbons (Fsp3) is 0.0526. The van der Waals surface area contributed by atoms with Gasteiger partial charge in [-0.05, 0) is 34.9 Å². The summed E-state index contributed by atoms with van der Waals surface area (Å²) in [5.74, 6) is 0.830. The molecule has 120 valence electrons. The van der Waals surface area contributed by atoms with Crippen molar-refractivity contribution < 1.29 is 9.53 Å². The standard InChI is InChI=1S/C19H17N3O2/c20-16-6-9-19(22-12-16)24-17-7-4-14(5-8-17)15-3-1-2-13(10-15)11-18(21)23/h1-10,12H,11,20H2,(H2,21,23). The van der Waals surface area contributed by atoms with Gasteiger partial charge in [-0.2, -0.15) is 0 Å². The van der Waals surface area contributed by atoms with E-state index in [0.717, 1.165) is 16.7 Å². The number of nitrogens with two attached hydrogens (primary N) is 2. The minimum absolute atomic E-state index is 0.234. The highest BCUT2D eigenvalue weighted by Gasteiger charge is 2.04. The summed E-state index contributed by atoms with van der Waals surface area (Å²) in [4.78, 5) is 15.2. The van der Waals surface area contributed by atoms with Crippen LogP contribution in [0.25, 0.3) is 11.1 Å². The van der Waals surface area contributed by atoms with Crippen molar-refractivity contribution in [2.45, 2.75) is 6.42 Å². The molecule has 0 unspecified atom stereocenters. The highest BCUT2D eigenvalue weighted by atomic mass is 16.5. The van der Waals surface area contributed by atoms with Crippen molar-refractivity contribution >= 4 is 11.6 Å². The Morgan fingerprint density at radius 1 is 1.00 bits per heavy atom. The van der Waals surface area contributed by atoms with Crippen LogP contribution in [0, 0.1) is 0 Å². The number of carbonyl (C=O) groups excluding carboxylic acids is 1. The van der Waals surface area contributed by atoms with E-state index in [-0.39, 0.29) is 12.3 Å². The average molecular weight is 319 g/mol. The number of amides is 1. The van der Waals surface area contributed by atoms with E-state index < -0.39 is 0 Å². The van der Waals surface area contributed by atoms with Gasteiger partial charge in [0.1, 0.15) is 5.75 Å². The summed E-state index contributed by atoms with van der Waals surface area (Å²) in [6, 6.07) is 18.9. The third-order valence-electron chi connectivity index (χ3n) is 3.47. The number of hydrogen-bond acceptors (Lipinski definition) is 4. The van der Waals surface area contributed by atoms with Gasteiger partial charge in [-0.3, -0.25) is 4.79 Å². The van der Waals surface area contributed by atoms with Gasteiger partial charge in [0, 0.05) is 6.07 Å². The van der Waals surface area contributed by atoms with Crippen molar-refractivity contribution in [1.82, 2.24) is 4.98 Å². The summed E-state index contributed by atoms with van der Waals surface area (Å²) in [5, 5.41) is 0. The molecule has 0 fully saturated rings. The molecule has 5 nitrogen and oxygen atoms in total.